The van der Waals surface area contributed by atoms with E-state index in [9.17, 15) is 14.0 Å². The van der Waals surface area contributed by atoms with Crippen molar-refractivity contribution >= 4 is 22.8 Å². The fraction of sp³-hybridized carbons (Fsp3) is 0.526. The number of carbonyl (C=O) groups excluding carboxylic acids is 2. The van der Waals surface area contributed by atoms with Crippen LogP contribution in [0.15, 0.2) is 18.2 Å². The highest BCUT2D eigenvalue weighted by atomic mass is 19.1. The molecule has 2 aliphatic heterocycles. The number of H-pyrrole nitrogens is 1. The average molecular weight is 374 g/mol. The number of hydrogen-bond acceptors (Lipinski definition) is 4. The third kappa shape index (κ3) is 3.95. The first kappa shape index (κ1) is 17.9. The first-order valence-electron chi connectivity index (χ1n) is 9.42. The summed E-state index contributed by atoms with van der Waals surface area (Å²) in [6, 6.07) is 4.35. The number of rotatable bonds is 4. The lowest BCUT2D eigenvalue weighted by Gasteiger charge is -2.32. The van der Waals surface area contributed by atoms with E-state index in [2.05, 4.69) is 15.3 Å². The van der Waals surface area contributed by atoms with Crippen molar-refractivity contribution in [1.29, 1.82) is 0 Å². The minimum absolute atomic E-state index is 0.0362. The number of nitrogens with one attached hydrogen (secondary N) is 2. The number of halogens is 1. The molecule has 27 heavy (non-hydrogen) atoms. The summed E-state index contributed by atoms with van der Waals surface area (Å²) in [6.07, 6.45) is 2.73. The molecule has 4 rings (SSSR count). The zero-order valence-electron chi connectivity index (χ0n) is 15.0. The molecule has 0 radical (unpaired) electrons. The number of aromatic amines is 1. The van der Waals surface area contributed by atoms with Gasteiger partial charge >= 0.3 is 0 Å². The number of likely N-dealkylation sites (tertiary alicyclic amines) is 1. The predicted molar refractivity (Wildman–Crippen MR) is 96.2 cm³/mol. The van der Waals surface area contributed by atoms with E-state index < -0.39 is 0 Å². The molecule has 2 N–H and O–H groups in total. The molecular formula is C19H23FN4O3. The van der Waals surface area contributed by atoms with Gasteiger partial charge in [0.15, 0.2) is 0 Å². The second-order valence-corrected chi connectivity index (χ2v) is 7.16. The number of piperidine rings is 1. The Balaban J connectivity index is 1.27. The first-order valence-corrected chi connectivity index (χ1v) is 9.42. The quantitative estimate of drug-likeness (QED) is 0.853. The van der Waals surface area contributed by atoms with Gasteiger partial charge in [0, 0.05) is 25.6 Å². The lowest BCUT2D eigenvalue weighted by Crippen LogP contribution is -2.46. The molecule has 1 atom stereocenters. The van der Waals surface area contributed by atoms with Gasteiger partial charge in [-0.15, -0.1) is 0 Å². The van der Waals surface area contributed by atoms with Crippen LogP contribution >= 0.6 is 0 Å². The highest BCUT2D eigenvalue weighted by Gasteiger charge is 2.32. The van der Waals surface area contributed by atoms with Crippen molar-refractivity contribution in [3.05, 3.63) is 29.8 Å². The predicted octanol–water partition coefficient (Wildman–Crippen LogP) is 1.74. The summed E-state index contributed by atoms with van der Waals surface area (Å²) in [7, 11) is 0. The molecule has 2 amide bonds. The Morgan fingerprint density at radius 2 is 2.11 bits per heavy atom. The molecule has 2 fully saturated rings. The van der Waals surface area contributed by atoms with Crippen LogP contribution in [0, 0.1) is 11.7 Å². The molecule has 144 valence electrons. The maximum Gasteiger partial charge on any atom is 0.251 e. The summed E-state index contributed by atoms with van der Waals surface area (Å²) < 4.78 is 18.7. The summed E-state index contributed by atoms with van der Waals surface area (Å²) in [6.45, 7) is 2.09. The highest BCUT2D eigenvalue weighted by Crippen LogP contribution is 2.21. The molecule has 0 unspecified atom stereocenters. The van der Waals surface area contributed by atoms with Crippen LogP contribution in [0.1, 0.15) is 31.5 Å². The second kappa shape index (κ2) is 7.64. The molecule has 3 heterocycles. The molecule has 0 spiro atoms. The van der Waals surface area contributed by atoms with Gasteiger partial charge in [0.1, 0.15) is 17.7 Å². The van der Waals surface area contributed by atoms with Gasteiger partial charge < -0.3 is 19.9 Å². The average Bonchev–Trinajstić information content (AvgIpc) is 3.35. The molecule has 0 saturated carbocycles. The van der Waals surface area contributed by atoms with Crippen molar-refractivity contribution in [2.75, 3.05) is 19.7 Å². The van der Waals surface area contributed by atoms with E-state index in [0.29, 0.717) is 49.4 Å². The van der Waals surface area contributed by atoms with E-state index in [1.165, 1.54) is 12.1 Å². The summed E-state index contributed by atoms with van der Waals surface area (Å²) in [5.74, 6) is 0.174. The van der Waals surface area contributed by atoms with E-state index in [-0.39, 0.29) is 36.2 Å². The smallest absolute Gasteiger partial charge is 0.251 e. The largest absolute Gasteiger partial charge is 0.368 e. The van der Waals surface area contributed by atoms with Crippen molar-refractivity contribution in [3.8, 4) is 0 Å². The lowest BCUT2D eigenvalue weighted by atomic mass is 9.95. The molecule has 2 saturated heterocycles. The van der Waals surface area contributed by atoms with Crippen molar-refractivity contribution in [2.24, 2.45) is 5.92 Å². The summed E-state index contributed by atoms with van der Waals surface area (Å²) in [5, 5.41) is 2.89. The SMILES string of the molecule is O=C(NCc1nc2ccc(F)cc2[nH]1)C1CCN(C(=O)[C@H]2CCCO2)CC1. The van der Waals surface area contributed by atoms with E-state index in [1.807, 2.05) is 4.90 Å². The molecule has 7 nitrogen and oxygen atoms in total. The molecule has 1 aromatic heterocycles. The minimum atomic E-state index is -0.328. The second-order valence-electron chi connectivity index (χ2n) is 7.16. The summed E-state index contributed by atoms with van der Waals surface area (Å²) in [5.41, 5.74) is 1.28. The fourth-order valence-electron chi connectivity index (χ4n) is 3.77. The number of carbonyl (C=O) groups is 2. The van der Waals surface area contributed by atoms with Gasteiger partial charge in [0.2, 0.25) is 5.91 Å². The molecule has 2 aliphatic rings. The lowest BCUT2D eigenvalue weighted by molar-refractivity contribution is -0.143. The van der Waals surface area contributed by atoms with E-state index >= 15 is 0 Å². The number of hydrogen-bond donors (Lipinski definition) is 2. The molecule has 1 aromatic carbocycles. The topological polar surface area (TPSA) is 87.3 Å². The number of nitrogens with zero attached hydrogens (tertiary/aromatic N) is 2. The van der Waals surface area contributed by atoms with Crippen LogP contribution in [0.2, 0.25) is 0 Å². The molecular weight excluding hydrogens is 351 g/mol. The Labute approximate surface area is 156 Å². The fourth-order valence-corrected chi connectivity index (χ4v) is 3.77. The number of ether oxygens (including phenoxy) is 1. The third-order valence-corrected chi connectivity index (χ3v) is 5.31. The van der Waals surface area contributed by atoms with Crippen molar-refractivity contribution < 1.29 is 18.7 Å². The summed E-state index contributed by atoms with van der Waals surface area (Å²) in [4.78, 5) is 34.0. The maximum absolute atomic E-state index is 13.2. The van der Waals surface area contributed by atoms with Gasteiger partial charge in [-0.25, -0.2) is 9.37 Å². The van der Waals surface area contributed by atoms with Crippen molar-refractivity contribution in [3.63, 3.8) is 0 Å². The zero-order valence-corrected chi connectivity index (χ0v) is 15.0. The highest BCUT2D eigenvalue weighted by molar-refractivity contribution is 5.82. The van der Waals surface area contributed by atoms with Crippen molar-refractivity contribution in [1.82, 2.24) is 20.2 Å². The van der Waals surface area contributed by atoms with E-state index in [1.54, 1.807) is 6.07 Å². The number of imidazole rings is 1. The standard InChI is InChI=1S/C19H23FN4O3/c20-13-3-4-14-15(10-13)23-17(22-14)11-21-18(25)12-5-7-24(8-6-12)19(26)16-2-1-9-27-16/h3-4,10,12,16H,1-2,5-9,11H2,(H,21,25)(H,22,23)/t16-/m1/s1. The molecule has 2 aromatic rings. The van der Waals surface area contributed by atoms with Crippen LogP contribution in [-0.2, 0) is 20.9 Å². The van der Waals surface area contributed by atoms with Gasteiger partial charge in [0.05, 0.1) is 17.6 Å². The number of fused-ring (bicyclic) bond motifs is 1. The normalized spacial score (nSPS) is 20.9. The van der Waals surface area contributed by atoms with Crippen LogP contribution in [0.4, 0.5) is 4.39 Å². The van der Waals surface area contributed by atoms with Crippen molar-refractivity contribution in [2.45, 2.75) is 38.3 Å². The maximum atomic E-state index is 13.2. The van der Waals surface area contributed by atoms with Gasteiger partial charge in [-0.2, -0.15) is 0 Å². The molecule has 0 bridgehead atoms. The Hall–Kier alpha value is -2.48. The van der Waals surface area contributed by atoms with E-state index in [0.717, 1.165) is 12.8 Å². The third-order valence-electron chi connectivity index (χ3n) is 5.31. The van der Waals surface area contributed by atoms with Gasteiger partial charge in [0.25, 0.3) is 5.91 Å². The Bertz CT molecular complexity index is 839. The Morgan fingerprint density at radius 1 is 1.30 bits per heavy atom. The number of amides is 2. The van der Waals surface area contributed by atoms with Crippen LogP contribution in [0.3, 0.4) is 0 Å². The first-order chi connectivity index (χ1) is 13.1. The number of aromatic nitrogens is 2. The number of benzene rings is 1. The molecule has 8 heteroatoms. The van der Waals surface area contributed by atoms with Crippen LogP contribution in [0.25, 0.3) is 11.0 Å². The van der Waals surface area contributed by atoms with Crippen LogP contribution in [-0.4, -0.2) is 52.5 Å². The van der Waals surface area contributed by atoms with Gasteiger partial charge in [-0.05, 0) is 43.9 Å². The van der Waals surface area contributed by atoms with Gasteiger partial charge in [-0.3, -0.25) is 9.59 Å². The van der Waals surface area contributed by atoms with Gasteiger partial charge in [-0.1, -0.05) is 0 Å². The monoisotopic (exact) mass is 374 g/mol. The Kier molecular flexibility index (Phi) is 5.07. The zero-order chi connectivity index (χ0) is 18.8. The van der Waals surface area contributed by atoms with E-state index in [4.69, 9.17) is 4.74 Å². The minimum Gasteiger partial charge on any atom is -0.368 e. The van der Waals surface area contributed by atoms with Crippen LogP contribution in [0.5, 0.6) is 0 Å². The molecule has 0 aliphatic carbocycles. The van der Waals surface area contributed by atoms with Crippen LogP contribution < -0.4 is 5.32 Å². The summed E-state index contributed by atoms with van der Waals surface area (Å²) >= 11 is 0. The Morgan fingerprint density at radius 3 is 2.85 bits per heavy atom.